The Bertz CT molecular complexity index is 402. The number of nitrogens with two attached hydrogens (primary N) is 1. The Morgan fingerprint density at radius 3 is 2.59 bits per heavy atom. The summed E-state index contributed by atoms with van der Waals surface area (Å²) in [6, 6.07) is 0. The smallest absolute Gasteiger partial charge is 0.389 e. The van der Waals surface area contributed by atoms with Gasteiger partial charge in [0.2, 0.25) is 0 Å². The average molecular weight is 252 g/mol. The Morgan fingerprint density at radius 2 is 2.12 bits per heavy atom. The number of hydrogen-bond acceptors (Lipinski definition) is 4. The zero-order valence-electron chi connectivity index (χ0n) is 8.74. The number of carboxylic acids is 1. The van der Waals surface area contributed by atoms with E-state index in [0.29, 0.717) is 0 Å². The molecular weight excluding hydrogens is 241 g/mol. The summed E-state index contributed by atoms with van der Waals surface area (Å²) in [5.74, 6) is -1.30. The number of aryl methyl sites for hydroxylation is 1. The molecular formula is C8H11F3N4O2. The van der Waals surface area contributed by atoms with E-state index in [0.717, 1.165) is 4.68 Å². The van der Waals surface area contributed by atoms with Gasteiger partial charge in [0.25, 0.3) is 0 Å². The second-order valence-corrected chi connectivity index (χ2v) is 3.34. The lowest BCUT2D eigenvalue weighted by Crippen LogP contribution is -2.14. The predicted octanol–water partition coefficient (Wildman–Crippen LogP) is 0.777. The number of nitrogens with zero attached hydrogens (tertiary/aromatic N) is 3. The summed E-state index contributed by atoms with van der Waals surface area (Å²) in [4.78, 5) is 10.7. The third-order valence-electron chi connectivity index (χ3n) is 2.06. The summed E-state index contributed by atoms with van der Waals surface area (Å²) >= 11 is 0. The highest BCUT2D eigenvalue weighted by molar-refractivity contribution is 5.86. The van der Waals surface area contributed by atoms with E-state index in [4.69, 9.17) is 10.8 Å². The normalized spacial score (nSPS) is 11.8. The van der Waals surface area contributed by atoms with E-state index < -0.39 is 18.6 Å². The van der Waals surface area contributed by atoms with Crippen molar-refractivity contribution >= 4 is 5.97 Å². The van der Waals surface area contributed by atoms with Gasteiger partial charge in [0.15, 0.2) is 5.69 Å². The van der Waals surface area contributed by atoms with Gasteiger partial charge < -0.3 is 10.8 Å². The monoisotopic (exact) mass is 252 g/mol. The quantitative estimate of drug-likeness (QED) is 0.807. The molecule has 0 aliphatic heterocycles. The first-order chi connectivity index (χ1) is 7.85. The van der Waals surface area contributed by atoms with Crippen molar-refractivity contribution in [3.05, 3.63) is 11.4 Å². The molecule has 17 heavy (non-hydrogen) atoms. The Balaban J connectivity index is 2.69. The van der Waals surface area contributed by atoms with E-state index in [-0.39, 0.29) is 30.9 Å². The topological polar surface area (TPSA) is 94.0 Å². The van der Waals surface area contributed by atoms with Crippen molar-refractivity contribution in [3.8, 4) is 0 Å². The van der Waals surface area contributed by atoms with E-state index in [1.165, 1.54) is 0 Å². The molecule has 1 aromatic heterocycles. The number of rotatable bonds is 5. The fourth-order valence-electron chi connectivity index (χ4n) is 1.31. The highest BCUT2D eigenvalue weighted by Crippen LogP contribution is 2.21. The maximum absolute atomic E-state index is 11.9. The second-order valence-electron chi connectivity index (χ2n) is 3.34. The summed E-state index contributed by atoms with van der Waals surface area (Å²) in [5.41, 5.74) is 5.11. The summed E-state index contributed by atoms with van der Waals surface area (Å²) < 4.78 is 36.8. The molecule has 0 bridgehead atoms. The number of hydrogen-bond donors (Lipinski definition) is 2. The Hall–Kier alpha value is -1.64. The molecule has 0 atom stereocenters. The van der Waals surface area contributed by atoms with Gasteiger partial charge in [0.05, 0.1) is 5.69 Å². The molecule has 0 aromatic carbocycles. The second kappa shape index (κ2) is 5.13. The first-order valence-corrected chi connectivity index (χ1v) is 4.77. The third kappa shape index (κ3) is 3.70. The molecule has 9 heteroatoms. The first-order valence-electron chi connectivity index (χ1n) is 4.77. The Labute approximate surface area is 94.2 Å². The molecule has 6 nitrogen and oxygen atoms in total. The van der Waals surface area contributed by atoms with Crippen LogP contribution in [0.5, 0.6) is 0 Å². The lowest BCUT2D eigenvalue weighted by molar-refractivity contribution is -0.136. The van der Waals surface area contributed by atoms with Gasteiger partial charge in [-0.2, -0.15) is 13.2 Å². The van der Waals surface area contributed by atoms with Gasteiger partial charge >= 0.3 is 12.1 Å². The van der Waals surface area contributed by atoms with Gasteiger partial charge in [-0.25, -0.2) is 9.48 Å². The Kier molecular flexibility index (Phi) is 4.05. The third-order valence-corrected chi connectivity index (χ3v) is 2.06. The summed E-state index contributed by atoms with van der Waals surface area (Å²) in [7, 11) is 0. The summed E-state index contributed by atoms with van der Waals surface area (Å²) in [6.45, 7) is -0.201. The van der Waals surface area contributed by atoms with Crippen LogP contribution in [0.2, 0.25) is 0 Å². The van der Waals surface area contributed by atoms with Gasteiger partial charge in [0, 0.05) is 19.5 Å². The van der Waals surface area contributed by atoms with E-state index in [1.54, 1.807) is 0 Å². The van der Waals surface area contributed by atoms with Crippen LogP contribution in [0.3, 0.4) is 0 Å². The summed E-state index contributed by atoms with van der Waals surface area (Å²) in [6.07, 6.45) is -5.39. The molecule has 3 N–H and O–H groups in total. The van der Waals surface area contributed by atoms with Crippen molar-refractivity contribution in [2.24, 2.45) is 5.73 Å². The fraction of sp³-hybridized carbons (Fsp3) is 0.625. The van der Waals surface area contributed by atoms with Crippen molar-refractivity contribution in [1.29, 1.82) is 0 Å². The van der Waals surface area contributed by atoms with Gasteiger partial charge in [-0.3, -0.25) is 0 Å². The molecule has 0 fully saturated rings. The van der Waals surface area contributed by atoms with Gasteiger partial charge in [-0.05, 0) is 6.42 Å². The molecule has 0 saturated heterocycles. The average Bonchev–Trinajstić information content (AvgIpc) is 2.58. The number of aromatic nitrogens is 3. The standard InChI is InChI=1S/C8H11F3N4O2/c9-8(10,11)2-1-3-15-5(4-12)6(7(16)17)13-14-15/h1-4,12H2,(H,16,17). The lowest BCUT2D eigenvalue weighted by Gasteiger charge is -2.07. The lowest BCUT2D eigenvalue weighted by atomic mass is 10.3. The molecule has 0 amide bonds. The van der Waals surface area contributed by atoms with Crippen molar-refractivity contribution in [2.75, 3.05) is 0 Å². The number of halogens is 3. The number of carbonyl (C=O) groups is 1. The largest absolute Gasteiger partial charge is 0.476 e. The number of alkyl halides is 3. The molecule has 96 valence electrons. The van der Waals surface area contributed by atoms with Crippen LogP contribution < -0.4 is 5.73 Å². The SMILES string of the molecule is NCc1c(C(=O)O)nnn1CCCC(F)(F)F. The van der Waals surface area contributed by atoms with E-state index in [1.807, 2.05) is 0 Å². The van der Waals surface area contributed by atoms with Crippen molar-refractivity contribution in [3.63, 3.8) is 0 Å². The van der Waals surface area contributed by atoms with E-state index in [9.17, 15) is 18.0 Å². The molecule has 0 spiro atoms. The molecule has 1 heterocycles. The van der Waals surface area contributed by atoms with Crippen molar-refractivity contribution in [2.45, 2.75) is 32.1 Å². The van der Waals surface area contributed by atoms with Crippen LogP contribution in [-0.2, 0) is 13.1 Å². The summed E-state index contributed by atoms with van der Waals surface area (Å²) in [5, 5.41) is 15.5. The molecule has 0 aliphatic rings. The minimum atomic E-state index is -4.24. The van der Waals surface area contributed by atoms with Crippen LogP contribution >= 0.6 is 0 Å². The molecule has 0 saturated carbocycles. The van der Waals surface area contributed by atoms with Crippen LogP contribution in [-0.4, -0.2) is 32.2 Å². The van der Waals surface area contributed by atoms with Crippen LogP contribution in [0.15, 0.2) is 0 Å². The predicted molar refractivity (Wildman–Crippen MR) is 50.2 cm³/mol. The van der Waals surface area contributed by atoms with Crippen LogP contribution in [0, 0.1) is 0 Å². The highest BCUT2D eigenvalue weighted by atomic mass is 19.4. The van der Waals surface area contributed by atoms with Crippen LogP contribution in [0.25, 0.3) is 0 Å². The van der Waals surface area contributed by atoms with Crippen LogP contribution in [0.4, 0.5) is 13.2 Å². The molecule has 0 aliphatic carbocycles. The maximum Gasteiger partial charge on any atom is 0.389 e. The van der Waals surface area contributed by atoms with Crippen molar-refractivity contribution < 1.29 is 23.1 Å². The van der Waals surface area contributed by atoms with Gasteiger partial charge in [-0.1, -0.05) is 5.21 Å². The Morgan fingerprint density at radius 1 is 1.47 bits per heavy atom. The molecule has 1 rings (SSSR count). The van der Waals surface area contributed by atoms with E-state index in [2.05, 4.69) is 10.3 Å². The maximum atomic E-state index is 11.9. The first kappa shape index (κ1) is 13.4. The van der Waals surface area contributed by atoms with Crippen LogP contribution in [0.1, 0.15) is 29.0 Å². The molecule has 0 radical (unpaired) electrons. The minimum absolute atomic E-state index is 0.0632. The molecule has 0 unspecified atom stereocenters. The highest BCUT2D eigenvalue weighted by Gasteiger charge is 2.26. The molecule has 1 aromatic rings. The minimum Gasteiger partial charge on any atom is -0.476 e. The van der Waals surface area contributed by atoms with Gasteiger partial charge in [-0.15, -0.1) is 5.10 Å². The zero-order valence-corrected chi connectivity index (χ0v) is 8.74. The van der Waals surface area contributed by atoms with Gasteiger partial charge in [0.1, 0.15) is 0 Å². The fourth-order valence-corrected chi connectivity index (χ4v) is 1.31. The van der Waals surface area contributed by atoms with E-state index >= 15 is 0 Å². The zero-order chi connectivity index (χ0) is 13.1. The van der Waals surface area contributed by atoms with Crippen molar-refractivity contribution in [1.82, 2.24) is 15.0 Å². The number of aromatic carboxylic acids is 1. The number of carboxylic acid groups (broad SMARTS) is 1.